The molecule has 0 amide bonds. The Morgan fingerprint density at radius 2 is 1.91 bits per heavy atom. The lowest BCUT2D eigenvalue weighted by Crippen LogP contribution is -2.43. The van der Waals surface area contributed by atoms with Gasteiger partial charge in [0.05, 0.1) is 42.3 Å². The highest BCUT2D eigenvalue weighted by Gasteiger charge is 2.30. The maximum atomic E-state index is 8.99. The molecule has 2 atom stereocenters. The van der Waals surface area contributed by atoms with Gasteiger partial charge in [0.2, 0.25) is 5.88 Å². The first-order valence-corrected chi connectivity index (χ1v) is 11.2. The standard InChI is InChI=1S/C25H26N8O/c1-32-15-20(12-30-32)19-9-22-25(29-11-19)34-23(14-28-22)24(21-13-31-33(2)16-21)27-8-7-17-3-5-18(10-26)6-4-17/h3-6,9,11-13,15-16,23-24,27-28H,7-8,14H2,1-2H3/t23-,24+/m1/s1. The first-order chi connectivity index (χ1) is 16.6. The van der Waals surface area contributed by atoms with Crippen molar-refractivity contribution in [3.8, 4) is 23.1 Å². The van der Waals surface area contributed by atoms with Crippen molar-refractivity contribution in [1.29, 1.82) is 5.26 Å². The first kappa shape index (κ1) is 21.7. The van der Waals surface area contributed by atoms with Crippen LogP contribution in [0.5, 0.6) is 5.88 Å². The molecule has 0 saturated carbocycles. The van der Waals surface area contributed by atoms with Crippen LogP contribution in [0.1, 0.15) is 22.7 Å². The van der Waals surface area contributed by atoms with Crippen molar-refractivity contribution in [2.24, 2.45) is 14.1 Å². The molecule has 1 aliphatic rings. The largest absolute Gasteiger partial charge is 0.469 e. The zero-order chi connectivity index (χ0) is 23.5. The van der Waals surface area contributed by atoms with E-state index in [1.807, 2.05) is 75.4 Å². The minimum absolute atomic E-state index is 0.0625. The number of hydrogen-bond acceptors (Lipinski definition) is 7. The summed E-state index contributed by atoms with van der Waals surface area (Å²) in [5.74, 6) is 0.590. The number of anilines is 1. The van der Waals surface area contributed by atoms with E-state index in [0.29, 0.717) is 18.0 Å². The molecule has 34 heavy (non-hydrogen) atoms. The van der Waals surface area contributed by atoms with Crippen molar-refractivity contribution in [1.82, 2.24) is 29.9 Å². The molecule has 0 aliphatic carbocycles. The van der Waals surface area contributed by atoms with Gasteiger partial charge in [0, 0.05) is 49.4 Å². The summed E-state index contributed by atoms with van der Waals surface area (Å²) in [5, 5.41) is 24.7. The van der Waals surface area contributed by atoms with Crippen molar-refractivity contribution in [2.45, 2.75) is 18.6 Å². The van der Waals surface area contributed by atoms with Gasteiger partial charge in [-0.15, -0.1) is 0 Å². The van der Waals surface area contributed by atoms with E-state index in [0.717, 1.165) is 35.3 Å². The van der Waals surface area contributed by atoms with Gasteiger partial charge in [-0.1, -0.05) is 12.1 Å². The molecule has 2 N–H and O–H groups in total. The Morgan fingerprint density at radius 1 is 1.12 bits per heavy atom. The van der Waals surface area contributed by atoms with E-state index in [2.05, 4.69) is 31.9 Å². The van der Waals surface area contributed by atoms with Crippen LogP contribution < -0.4 is 15.4 Å². The molecule has 5 rings (SSSR count). The van der Waals surface area contributed by atoms with Gasteiger partial charge in [-0.25, -0.2) is 4.98 Å². The van der Waals surface area contributed by atoms with Gasteiger partial charge in [-0.2, -0.15) is 15.5 Å². The third kappa shape index (κ3) is 4.63. The molecule has 1 aliphatic heterocycles. The zero-order valence-electron chi connectivity index (χ0n) is 19.1. The molecule has 0 radical (unpaired) electrons. The lowest BCUT2D eigenvalue weighted by molar-refractivity contribution is 0.150. The van der Waals surface area contributed by atoms with E-state index in [1.54, 1.807) is 9.36 Å². The fraction of sp³-hybridized carbons (Fsp3) is 0.280. The first-order valence-electron chi connectivity index (χ1n) is 11.2. The summed E-state index contributed by atoms with van der Waals surface area (Å²) < 4.78 is 9.93. The number of fused-ring (bicyclic) bond motifs is 1. The molecule has 0 saturated heterocycles. The Balaban J connectivity index is 1.30. The van der Waals surface area contributed by atoms with E-state index >= 15 is 0 Å². The van der Waals surface area contributed by atoms with Crippen LogP contribution in [-0.4, -0.2) is 43.7 Å². The molecule has 0 bridgehead atoms. The van der Waals surface area contributed by atoms with E-state index in [4.69, 9.17) is 10.00 Å². The number of ether oxygens (including phenoxy) is 1. The summed E-state index contributed by atoms with van der Waals surface area (Å²) in [6.07, 6.45) is 10.2. The SMILES string of the molecule is Cn1cc(-c2cnc3c(c2)NC[C@H]([C@@H](NCCc2ccc(C#N)cc2)c2cnn(C)c2)O3)cn1. The van der Waals surface area contributed by atoms with Crippen molar-refractivity contribution in [2.75, 3.05) is 18.4 Å². The van der Waals surface area contributed by atoms with Crippen molar-refractivity contribution >= 4 is 5.69 Å². The highest BCUT2D eigenvalue weighted by molar-refractivity contribution is 5.69. The second kappa shape index (κ2) is 9.37. The molecule has 172 valence electrons. The number of hydrogen-bond donors (Lipinski definition) is 2. The molecule has 1 aromatic carbocycles. The van der Waals surface area contributed by atoms with Crippen LogP contribution >= 0.6 is 0 Å². The molecule has 4 heterocycles. The number of pyridine rings is 1. The average molecular weight is 455 g/mol. The number of benzene rings is 1. The number of rotatable bonds is 7. The van der Waals surface area contributed by atoms with Crippen LogP contribution in [0.15, 0.2) is 61.3 Å². The summed E-state index contributed by atoms with van der Waals surface area (Å²) in [5.41, 5.74) is 5.79. The predicted octanol–water partition coefficient (Wildman–Crippen LogP) is 2.83. The third-order valence-corrected chi connectivity index (χ3v) is 5.96. The molecule has 3 aromatic heterocycles. The molecule has 0 unspecified atom stereocenters. The lowest BCUT2D eigenvalue weighted by Gasteiger charge is -2.32. The fourth-order valence-corrected chi connectivity index (χ4v) is 4.17. The Labute approximate surface area is 198 Å². The van der Waals surface area contributed by atoms with Crippen molar-refractivity contribution in [3.05, 3.63) is 78.0 Å². The highest BCUT2D eigenvalue weighted by Crippen LogP contribution is 2.34. The van der Waals surface area contributed by atoms with Crippen LogP contribution in [0, 0.1) is 11.3 Å². The van der Waals surface area contributed by atoms with Crippen LogP contribution in [0.25, 0.3) is 11.1 Å². The molecule has 0 spiro atoms. The van der Waals surface area contributed by atoms with Crippen LogP contribution in [0.2, 0.25) is 0 Å². The topological polar surface area (TPSA) is 106 Å². The second-order valence-corrected chi connectivity index (χ2v) is 8.45. The maximum Gasteiger partial charge on any atom is 0.237 e. The van der Waals surface area contributed by atoms with E-state index in [9.17, 15) is 0 Å². The normalized spacial score (nSPS) is 15.6. The molecular weight excluding hydrogens is 428 g/mol. The summed E-state index contributed by atoms with van der Waals surface area (Å²) in [6.45, 7) is 1.39. The smallest absolute Gasteiger partial charge is 0.237 e. The molecule has 4 aromatic rings. The fourth-order valence-electron chi connectivity index (χ4n) is 4.17. The Bertz CT molecular complexity index is 1320. The summed E-state index contributed by atoms with van der Waals surface area (Å²) in [4.78, 5) is 4.58. The van der Waals surface area contributed by atoms with Gasteiger partial charge >= 0.3 is 0 Å². The minimum atomic E-state index is -0.158. The van der Waals surface area contributed by atoms with Gasteiger partial charge in [0.15, 0.2) is 0 Å². The number of nitriles is 1. The van der Waals surface area contributed by atoms with Crippen molar-refractivity contribution < 1.29 is 4.74 Å². The zero-order valence-corrected chi connectivity index (χ0v) is 19.1. The Kier molecular flexibility index (Phi) is 5.97. The summed E-state index contributed by atoms with van der Waals surface area (Å²) in [7, 11) is 3.81. The summed E-state index contributed by atoms with van der Waals surface area (Å²) >= 11 is 0. The third-order valence-electron chi connectivity index (χ3n) is 5.96. The van der Waals surface area contributed by atoms with E-state index in [-0.39, 0.29) is 12.1 Å². The lowest BCUT2D eigenvalue weighted by atomic mass is 10.0. The van der Waals surface area contributed by atoms with Crippen LogP contribution in [0.3, 0.4) is 0 Å². The maximum absolute atomic E-state index is 8.99. The quantitative estimate of drug-likeness (QED) is 0.442. The average Bonchev–Trinajstić information content (AvgIpc) is 3.49. The predicted molar refractivity (Wildman–Crippen MR) is 128 cm³/mol. The molecular formula is C25H26N8O. The van der Waals surface area contributed by atoms with Gasteiger partial charge in [-0.05, 0) is 36.7 Å². The van der Waals surface area contributed by atoms with E-state index in [1.165, 1.54) is 5.56 Å². The monoisotopic (exact) mass is 454 g/mol. The van der Waals surface area contributed by atoms with Gasteiger partial charge in [0.25, 0.3) is 0 Å². The molecule has 9 nitrogen and oxygen atoms in total. The van der Waals surface area contributed by atoms with Crippen LogP contribution in [-0.2, 0) is 20.5 Å². The van der Waals surface area contributed by atoms with E-state index < -0.39 is 0 Å². The van der Waals surface area contributed by atoms with Crippen LogP contribution in [0.4, 0.5) is 5.69 Å². The molecule has 9 heteroatoms. The Morgan fingerprint density at radius 3 is 2.62 bits per heavy atom. The number of aromatic nitrogens is 5. The number of nitrogens with one attached hydrogen (secondary N) is 2. The minimum Gasteiger partial charge on any atom is -0.469 e. The second-order valence-electron chi connectivity index (χ2n) is 8.45. The highest BCUT2D eigenvalue weighted by atomic mass is 16.5. The summed E-state index contributed by atoms with van der Waals surface area (Å²) in [6, 6.07) is 11.8. The number of nitrogens with zero attached hydrogens (tertiary/aromatic N) is 6. The van der Waals surface area contributed by atoms with Crippen molar-refractivity contribution in [3.63, 3.8) is 0 Å². The van der Waals surface area contributed by atoms with Gasteiger partial charge < -0.3 is 15.4 Å². The van der Waals surface area contributed by atoms with Gasteiger partial charge in [0.1, 0.15) is 6.10 Å². The number of aryl methyl sites for hydroxylation is 2. The van der Waals surface area contributed by atoms with Gasteiger partial charge in [-0.3, -0.25) is 9.36 Å². The molecule has 0 fully saturated rings. The Hall–Kier alpha value is -4.16.